The standard InChI is InChI=1S/C17H22O2S/c1-12(2)7-6-10-17(4)13(3)20-16-11-14(18-5)8-9-15(16)19-17/h6-11,13H,1-5H3/b10-6-/t13-,17+/m0/s1. The Morgan fingerprint density at radius 3 is 2.80 bits per heavy atom. The minimum absolute atomic E-state index is 0.293. The van der Waals surface area contributed by atoms with Gasteiger partial charge in [0, 0.05) is 0 Å². The van der Waals surface area contributed by atoms with E-state index < -0.39 is 0 Å². The Bertz CT molecular complexity index is 544. The molecule has 0 amide bonds. The highest BCUT2D eigenvalue weighted by atomic mass is 32.2. The first kappa shape index (κ1) is 15.0. The van der Waals surface area contributed by atoms with Gasteiger partial charge in [0.05, 0.1) is 17.3 Å². The molecule has 20 heavy (non-hydrogen) atoms. The maximum atomic E-state index is 6.22. The van der Waals surface area contributed by atoms with E-state index in [4.69, 9.17) is 9.47 Å². The third-order valence-corrected chi connectivity index (χ3v) is 4.84. The van der Waals surface area contributed by atoms with Crippen molar-refractivity contribution in [1.29, 1.82) is 0 Å². The summed E-state index contributed by atoms with van der Waals surface area (Å²) >= 11 is 1.83. The molecule has 108 valence electrons. The molecule has 1 aromatic rings. The summed E-state index contributed by atoms with van der Waals surface area (Å²) in [6, 6.07) is 5.96. The van der Waals surface area contributed by atoms with E-state index in [9.17, 15) is 0 Å². The van der Waals surface area contributed by atoms with Crippen LogP contribution in [0.4, 0.5) is 0 Å². The molecule has 0 radical (unpaired) electrons. The van der Waals surface area contributed by atoms with Crippen LogP contribution in [0.1, 0.15) is 27.7 Å². The molecule has 0 fully saturated rings. The molecule has 1 aromatic carbocycles. The molecule has 0 bridgehead atoms. The van der Waals surface area contributed by atoms with Crippen LogP contribution < -0.4 is 9.47 Å². The van der Waals surface area contributed by atoms with Crippen LogP contribution in [0.3, 0.4) is 0 Å². The molecule has 0 N–H and O–H groups in total. The van der Waals surface area contributed by atoms with Crippen molar-refractivity contribution in [2.75, 3.05) is 7.11 Å². The van der Waals surface area contributed by atoms with Crippen LogP contribution in [0, 0.1) is 0 Å². The summed E-state index contributed by atoms with van der Waals surface area (Å²) in [5.41, 5.74) is 0.990. The molecule has 0 saturated carbocycles. The molecular formula is C17H22O2S. The number of ether oxygens (including phenoxy) is 2. The van der Waals surface area contributed by atoms with Gasteiger partial charge in [-0.3, -0.25) is 0 Å². The van der Waals surface area contributed by atoms with E-state index >= 15 is 0 Å². The summed E-state index contributed by atoms with van der Waals surface area (Å²) in [6.07, 6.45) is 6.33. The molecule has 2 rings (SSSR count). The largest absolute Gasteiger partial charge is 0.497 e. The van der Waals surface area contributed by atoms with Crippen molar-refractivity contribution in [3.63, 3.8) is 0 Å². The van der Waals surface area contributed by atoms with Crippen LogP contribution in [0.25, 0.3) is 0 Å². The van der Waals surface area contributed by atoms with Crippen molar-refractivity contribution in [3.8, 4) is 11.5 Å². The zero-order valence-electron chi connectivity index (χ0n) is 12.8. The smallest absolute Gasteiger partial charge is 0.137 e. The lowest BCUT2D eigenvalue weighted by Crippen LogP contribution is -2.41. The zero-order valence-corrected chi connectivity index (χ0v) is 13.6. The van der Waals surface area contributed by atoms with Gasteiger partial charge in [0.1, 0.15) is 17.1 Å². The maximum Gasteiger partial charge on any atom is 0.137 e. The number of thioether (sulfide) groups is 1. The van der Waals surface area contributed by atoms with Gasteiger partial charge in [0.2, 0.25) is 0 Å². The van der Waals surface area contributed by atoms with E-state index in [0.29, 0.717) is 5.25 Å². The summed E-state index contributed by atoms with van der Waals surface area (Å²) in [5, 5.41) is 0.337. The Kier molecular flexibility index (Phi) is 4.48. The predicted molar refractivity (Wildman–Crippen MR) is 85.9 cm³/mol. The van der Waals surface area contributed by atoms with E-state index in [2.05, 4.69) is 45.9 Å². The van der Waals surface area contributed by atoms with Gasteiger partial charge in [-0.1, -0.05) is 17.7 Å². The third-order valence-electron chi connectivity index (χ3n) is 3.45. The first-order valence-corrected chi connectivity index (χ1v) is 7.69. The SMILES string of the molecule is COc1ccc2c(c1)S[C@@H](C)[C@@](C)(/C=C\C=C(C)C)O2. The van der Waals surface area contributed by atoms with Gasteiger partial charge >= 0.3 is 0 Å². The van der Waals surface area contributed by atoms with Crippen LogP contribution in [-0.4, -0.2) is 18.0 Å². The molecule has 3 heteroatoms. The van der Waals surface area contributed by atoms with Crippen LogP contribution >= 0.6 is 11.8 Å². The first-order chi connectivity index (χ1) is 9.44. The first-order valence-electron chi connectivity index (χ1n) is 6.81. The molecule has 0 aromatic heterocycles. The van der Waals surface area contributed by atoms with Crippen LogP contribution in [0.5, 0.6) is 11.5 Å². The molecule has 0 saturated heterocycles. The number of benzene rings is 1. The number of hydrogen-bond acceptors (Lipinski definition) is 3. The summed E-state index contributed by atoms with van der Waals surface area (Å²) in [4.78, 5) is 1.14. The Morgan fingerprint density at radius 1 is 1.40 bits per heavy atom. The number of hydrogen-bond donors (Lipinski definition) is 0. The molecule has 2 atom stereocenters. The highest BCUT2D eigenvalue weighted by Crippen LogP contribution is 2.45. The molecule has 1 aliphatic rings. The molecule has 0 unspecified atom stereocenters. The lowest BCUT2D eigenvalue weighted by atomic mass is 10.0. The normalized spacial score (nSPS) is 24.9. The van der Waals surface area contributed by atoms with Gasteiger partial charge in [-0.05, 0) is 52.0 Å². The number of rotatable bonds is 3. The minimum Gasteiger partial charge on any atom is -0.497 e. The quantitative estimate of drug-likeness (QED) is 0.741. The average Bonchev–Trinajstić information content (AvgIpc) is 2.39. The van der Waals surface area contributed by atoms with E-state index in [-0.39, 0.29) is 5.60 Å². The number of allylic oxidation sites excluding steroid dienone is 3. The van der Waals surface area contributed by atoms with E-state index in [1.165, 1.54) is 5.57 Å². The summed E-state index contributed by atoms with van der Waals surface area (Å²) in [5.74, 6) is 1.80. The predicted octanol–water partition coefficient (Wildman–Crippen LogP) is 4.85. The van der Waals surface area contributed by atoms with Crippen molar-refractivity contribution in [2.45, 2.75) is 43.4 Å². The van der Waals surface area contributed by atoms with Gasteiger partial charge in [0.25, 0.3) is 0 Å². The van der Waals surface area contributed by atoms with Gasteiger partial charge in [-0.2, -0.15) is 0 Å². The molecule has 1 heterocycles. The fourth-order valence-corrected chi connectivity index (χ4v) is 3.17. The summed E-state index contributed by atoms with van der Waals surface area (Å²) < 4.78 is 11.5. The second kappa shape index (κ2) is 5.96. The van der Waals surface area contributed by atoms with Crippen molar-refractivity contribution in [3.05, 3.63) is 42.0 Å². The topological polar surface area (TPSA) is 18.5 Å². The van der Waals surface area contributed by atoms with Crippen molar-refractivity contribution < 1.29 is 9.47 Å². The Hall–Kier alpha value is -1.35. The summed E-state index contributed by atoms with van der Waals surface area (Å²) in [7, 11) is 1.69. The van der Waals surface area contributed by atoms with Gasteiger partial charge in [-0.25, -0.2) is 0 Å². The van der Waals surface area contributed by atoms with Crippen molar-refractivity contribution >= 4 is 11.8 Å². The Morgan fingerprint density at radius 2 is 2.15 bits per heavy atom. The van der Waals surface area contributed by atoms with Crippen molar-refractivity contribution in [2.24, 2.45) is 0 Å². The Labute approximate surface area is 125 Å². The second-order valence-electron chi connectivity index (χ2n) is 5.46. The number of fused-ring (bicyclic) bond motifs is 1. The molecular weight excluding hydrogens is 268 g/mol. The number of methoxy groups -OCH3 is 1. The third kappa shape index (κ3) is 3.21. The average molecular weight is 290 g/mol. The van der Waals surface area contributed by atoms with Crippen LogP contribution in [-0.2, 0) is 0 Å². The van der Waals surface area contributed by atoms with Gasteiger partial charge < -0.3 is 9.47 Å². The molecule has 1 aliphatic heterocycles. The zero-order chi connectivity index (χ0) is 14.8. The van der Waals surface area contributed by atoms with E-state index in [0.717, 1.165) is 16.4 Å². The second-order valence-corrected chi connectivity index (χ2v) is 6.84. The lowest BCUT2D eigenvalue weighted by Gasteiger charge is -2.38. The fraction of sp³-hybridized carbons (Fsp3) is 0.412. The lowest BCUT2D eigenvalue weighted by molar-refractivity contribution is 0.132. The van der Waals surface area contributed by atoms with E-state index in [1.807, 2.05) is 30.0 Å². The van der Waals surface area contributed by atoms with Crippen molar-refractivity contribution in [1.82, 2.24) is 0 Å². The maximum absolute atomic E-state index is 6.22. The molecule has 0 spiro atoms. The highest BCUT2D eigenvalue weighted by molar-refractivity contribution is 8.00. The molecule has 2 nitrogen and oxygen atoms in total. The highest BCUT2D eigenvalue weighted by Gasteiger charge is 2.36. The summed E-state index contributed by atoms with van der Waals surface area (Å²) in [6.45, 7) is 8.51. The van der Waals surface area contributed by atoms with Gasteiger partial charge in [-0.15, -0.1) is 11.8 Å². The molecule has 0 aliphatic carbocycles. The monoisotopic (exact) mass is 290 g/mol. The van der Waals surface area contributed by atoms with Crippen LogP contribution in [0.15, 0.2) is 46.9 Å². The Balaban J connectivity index is 2.26. The van der Waals surface area contributed by atoms with E-state index in [1.54, 1.807) is 7.11 Å². The minimum atomic E-state index is -0.293. The van der Waals surface area contributed by atoms with Gasteiger partial charge in [0.15, 0.2) is 0 Å². The fourth-order valence-electron chi connectivity index (χ4n) is 2.02. The van der Waals surface area contributed by atoms with Crippen LogP contribution in [0.2, 0.25) is 0 Å².